The van der Waals surface area contributed by atoms with Crippen molar-refractivity contribution in [3.8, 4) is 5.75 Å². The van der Waals surface area contributed by atoms with Crippen LogP contribution in [-0.4, -0.2) is 4.98 Å². The van der Waals surface area contributed by atoms with Crippen LogP contribution in [-0.2, 0) is 19.6 Å². The van der Waals surface area contributed by atoms with E-state index in [9.17, 15) is 0 Å². The SMILES string of the molecule is CCc1ccc(OCc2ccnc(CN)c2)cc1. The zero-order valence-corrected chi connectivity index (χ0v) is 10.6. The number of aryl methyl sites for hydroxylation is 1. The second-order valence-electron chi connectivity index (χ2n) is 4.15. The number of nitrogens with zero attached hydrogens (tertiary/aromatic N) is 1. The molecule has 1 aromatic carbocycles. The molecule has 1 heterocycles. The summed E-state index contributed by atoms with van der Waals surface area (Å²) in [6.45, 7) is 3.14. The summed E-state index contributed by atoms with van der Waals surface area (Å²) in [7, 11) is 0. The molecular weight excluding hydrogens is 224 g/mol. The lowest BCUT2D eigenvalue weighted by atomic mass is 10.2. The van der Waals surface area contributed by atoms with Crippen LogP contribution in [0.15, 0.2) is 42.6 Å². The van der Waals surface area contributed by atoms with Crippen molar-refractivity contribution < 1.29 is 4.74 Å². The van der Waals surface area contributed by atoms with Crippen molar-refractivity contribution in [2.75, 3.05) is 0 Å². The van der Waals surface area contributed by atoms with E-state index >= 15 is 0 Å². The number of rotatable bonds is 5. The van der Waals surface area contributed by atoms with Crippen LogP contribution in [0.3, 0.4) is 0 Å². The standard InChI is InChI=1S/C15H18N2O/c1-2-12-3-5-15(6-4-12)18-11-13-7-8-17-14(9-13)10-16/h3-9H,2,10-11,16H2,1H3. The van der Waals surface area contributed by atoms with Gasteiger partial charge in [0.2, 0.25) is 0 Å². The highest BCUT2D eigenvalue weighted by Crippen LogP contribution is 2.14. The Morgan fingerprint density at radius 3 is 2.56 bits per heavy atom. The molecule has 94 valence electrons. The summed E-state index contributed by atoms with van der Waals surface area (Å²) in [6.07, 6.45) is 2.81. The first kappa shape index (κ1) is 12.6. The molecule has 3 heteroatoms. The maximum atomic E-state index is 5.72. The van der Waals surface area contributed by atoms with E-state index < -0.39 is 0 Å². The zero-order chi connectivity index (χ0) is 12.8. The minimum Gasteiger partial charge on any atom is -0.489 e. The van der Waals surface area contributed by atoms with Crippen molar-refractivity contribution in [1.82, 2.24) is 4.98 Å². The third kappa shape index (κ3) is 3.31. The molecular formula is C15H18N2O. The number of benzene rings is 1. The van der Waals surface area contributed by atoms with Crippen molar-refractivity contribution in [2.45, 2.75) is 26.5 Å². The Kier molecular flexibility index (Phi) is 4.31. The number of ether oxygens (including phenoxy) is 1. The van der Waals surface area contributed by atoms with Gasteiger partial charge in [0.25, 0.3) is 0 Å². The molecule has 2 rings (SSSR count). The minimum absolute atomic E-state index is 0.457. The summed E-state index contributed by atoms with van der Waals surface area (Å²) >= 11 is 0. The topological polar surface area (TPSA) is 48.1 Å². The smallest absolute Gasteiger partial charge is 0.119 e. The molecule has 0 saturated heterocycles. The fraction of sp³-hybridized carbons (Fsp3) is 0.267. The maximum Gasteiger partial charge on any atom is 0.119 e. The number of pyridine rings is 1. The van der Waals surface area contributed by atoms with Crippen LogP contribution >= 0.6 is 0 Å². The molecule has 0 aliphatic carbocycles. The summed E-state index contributed by atoms with van der Waals surface area (Å²) < 4.78 is 5.72. The first-order valence-corrected chi connectivity index (χ1v) is 6.17. The molecule has 0 fully saturated rings. The largest absolute Gasteiger partial charge is 0.489 e. The van der Waals surface area contributed by atoms with E-state index in [1.165, 1.54) is 5.56 Å². The lowest BCUT2D eigenvalue weighted by Crippen LogP contribution is -2.02. The van der Waals surface area contributed by atoms with E-state index in [1.54, 1.807) is 6.20 Å². The van der Waals surface area contributed by atoms with E-state index in [1.807, 2.05) is 24.3 Å². The fourth-order valence-electron chi connectivity index (χ4n) is 1.72. The van der Waals surface area contributed by atoms with Crippen molar-refractivity contribution >= 4 is 0 Å². The molecule has 2 N–H and O–H groups in total. The second kappa shape index (κ2) is 6.17. The van der Waals surface area contributed by atoms with Gasteiger partial charge in [-0.15, -0.1) is 0 Å². The van der Waals surface area contributed by atoms with Crippen LogP contribution in [0.25, 0.3) is 0 Å². The van der Waals surface area contributed by atoms with Crippen molar-refractivity contribution in [3.05, 3.63) is 59.4 Å². The van der Waals surface area contributed by atoms with E-state index in [4.69, 9.17) is 10.5 Å². The van der Waals surface area contributed by atoms with Crippen molar-refractivity contribution in [1.29, 1.82) is 0 Å². The Morgan fingerprint density at radius 2 is 1.89 bits per heavy atom. The van der Waals surface area contributed by atoms with Gasteiger partial charge in [0.15, 0.2) is 0 Å². The van der Waals surface area contributed by atoms with E-state index in [-0.39, 0.29) is 0 Å². The first-order chi connectivity index (χ1) is 8.81. The van der Waals surface area contributed by atoms with Crippen LogP contribution in [0, 0.1) is 0 Å². The van der Waals surface area contributed by atoms with E-state index in [2.05, 4.69) is 24.0 Å². The van der Waals surface area contributed by atoms with Crippen LogP contribution < -0.4 is 10.5 Å². The van der Waals surface area contributed by atoms with Gasteiger partial charge in [0, 0.05) is 12.7 Å². The van der Waals surface area contributed by atoms with E-state index in [0.29, 0.717) is 13.2 Å². The lowest BCUT2D eigenvalue weighted by molar-refractivity contribution is 0.306. The summed E-state index contributed by atoms with van der Waals surface area (Å²) in [5.74, 6) is 0.887. The Bertz CT molecular complexity index is 494. The minimum atomic E-state index is 0.457. The number of hydrogen-bond donors (Lipinski definition) is 1. The predicted octanol–water partition coefficient (Wildman–Crippen LogP) is 2.68. The molecule has 0 atom stereocenters. The van der Waals surface area contributed by atoms with Gasteiger partial charge in [0.05, 0.1) is 5.69 Å². The molecule has 3 nitrogen and oxygen atoms in total. The van der Waals surface area contributed by atoms with Crippen LogP contribution in [0.5, 0.6) is 5.75 Å². The van der Waals surface area contributed by atoms with Gasteiger partial charge in [-0.3, -0.25) is 4.98 Å². The molecule has 0 bridgehead atoms. The third-order valence-electron chi connectivity index (χ3n) is 2.83. The maximum absolute atomic E-state index is 5.72. The molecule has 18 heavy (non-hydrogen) atoms. The monoisotopic (exact) mass is 242 g/mol. The molecule has 0 aliphatic heterocycles. The zero-order valence-electron chi connectivity index (χ0n) is 10.6. The Hall–Kier alpha value is -1.87. The molecule has 2 aromatic rings. The second-order valence-corrected chi connectivity index (χ2v) is 4.15. The Balaban J connectivity index is 1.97. The fourth-order valence-corrected chi connectivity index (χ4v) is 1.72. The number of aromatic nitrogens is 1. The molecule has 0 aliphatic rings. The quantitative estimate of drug-likeness (QED) is 0.877. The van der Waals surface area contributed by atoms with Gasteiger partial charge in [0.1, 0.15) is 12.4 Å². The molecule has 0 unspecified atom stereocenters. The summed E-state index contributed by atoms with van der Waals surface area (Å²) in [5, 5.41) is 0. The van der Waals surface area contributed by atoms with Crippen LogP contribution in [0.1, 0.15) is 23.7 Å². The first-order valence-electron chi connectivity index (χ1n) is 6.17. The molecule has 0 saturated carbocycles. The average Bonchev–Trinajstić information content (AvgIpc) is 2.46. The predicted molar refractivity (Wildman–Crippen MR) is 72.3 cm³/mol. The summed E-state index contributed by atoms with van der Waals surface area (Å²) in [5.41, 5.74) is 8.85. The summed E-state index contributed by atoms with van der Waals surface area (Å²) in [4.78, 5) is 4.15. The Labute approximate surface area is 108 Å². The van der Waals surface area contributed by atoms with Crippen molar-refractivity contribution in [2.24, 2.45) is 5.73 Å². The van der Waals surface area contributed by atoms with Gasteiger partial charge in [-0.1, -0.05) is 19.1 Å². The van der Waals surface area contributed by atoms with E-state index in [0.717, 1.165) is 23.4 Å². The van der Waals surface area contributed by atoms with Crippen molar-refractivity contribution in [3.63, 3.8) is 0 Å². The Morgan fingerprint density at radius 1 is 1.11 bits per heavy atom. The summed E-state index contributed by atoms with van der Waals surface area (Å²) in [6, 6.07) is 12.1. The molecule has 0 radical (unpaired) electrons. The number of nitrogens with two attached hydrogens (primary N) is 1. The molecule has 0 spiro atoms. The van der Waals surface area contributed by atoms with Gasteiger partial charge in [-0.25, -0.2) is 0 Å². The van der Waals surface area contributed by atoms with Crippen LogP contribution in [0.4, 0.5) is 0 Å². The lowest BCUT2D eigenvalue weighted by Gasteiger charge is -2.07. The number of hydrogen-bond acceptors (Lipinski definition) is 3. The highest BCUT2D eigenvalue weighted by atomic mass is 16.5. The average molecular weight is 242 g/mol. The molecule has 1 aromatic heterocycles. The van der Waals surface area contributed by atoms with Gasteiger partial charge in [-0.05, 0) is 41.8 Å². The van der Waals surface area contributed by atoms with Gasteiger partial charge >= 0.3 is 0 Å². The van der Waals surface area contributed by atoms with Crippen LogP contribution in [0.2, 0.25) is 0 Å². The highest BCUT2D eigenvalue weighted by molar-refractivity contribution is 5.27. The highest BCUT2D eigenvalue weighted by Gasteiger charge is 1.98. The van der Waals surface area contributed by atoms with Gasteiger partial charge < -0.3 is 10.5 Å². The normalized spacial score (nSPS) is 10.3. The van der Waals surface area contributed by atoms with Gasteiger partial charge in [-0.2, -0.15) is 0 Å². The third-order valence-corrected chi connectivity index (χ3v) is 2.83. The molecule has 0 amide bonds.